The molecule has 0 radical (unpaired) electrons. The van der Waals surface area contributed by atoms with Crippen molar-refractivity contribution in [3.8, 4) is 11.5 Å². The highest BCUT2D eigenvalue weighted by molar-refractivity contribution is 6.73. The zero-order valence-electron chi connectivity index (χ0n) is 16.8. The zero-order chi connectivity index (χ0) is 21.8. The minimum Gasteiger partial charge on any atom is -0.371 e. The van der Waals surface area contributed by atoms with Crippen molar-refractivity contribution in [2.24, 2.45) is 10.1 Å². The van der Waals surface area contributed by atoms with Crippen LogP contribution in [0, 0.1) is 0 Å². The van der Waals surface area contributed by atoms with Gasteiger partial charge in [0.15, 0.2) is 11.5 Å². The summed E-state index contributed by atoms with van der Waals surface area (Å²) in [7, 11) is 0. The minimum atomic E-state index is -0.649. The summed E-state index contributed by atoms with van der Waals surface area (Å²) in [5.74, 6) is 1.71. The van der Waals surface area contributed by atoms with Gasteiger partial charge in [0.1, 0.15) is 17.3 Å². The molecule has 0 aliphatic carbocycles. The number of carbonyl (C=O) groups excluding carboxylic acids is 2. The predicted octanol–water partition coefficient (Wildman–Crippen LogP) is 1.27. The summed E-state index contributed by atoms with van der Waals surface area (Å²) in [6.07, 6.45) is 7.00. The third kappa shape index (κ3) is 3.77. The topological polar surface area (TPSA) is 131 Å². The lowest BCUT2D eigenvalue weighted by Crippen LogP contribution is -2.22. The fraction of sp³-hybridized carbons (Fsp3) is 0.200. The number of carbonyl (C=O) groups is 1. The van der Waals surface area contributed by atoms with Crippen LogP contribution in [-0.4, -0.2) is 66.1 Å². The van der Waals surface area contributed by atoms with E-state index < -0.39 is 5.78 Å². The molecule has 1 aliphatic heterocycles. The van der Waals surface area contributed by atoms with Gasteiger partial charge in [0.05, 0.1) is 24.2 Å². The number of rotatable bonds is 7. The Kier molecular flexibility index (Phi) is 5.50. The van der Waals surface area contributed by atoms with Crippen molar-refractivity contribution in [2.75, 3.05) is 18.0 Å². The summed E-state index contributed by atoms with van der Waals surface area (Å²) in [5, 5.41) is 12.5. The second kappa shape index (κ2) is 8.56. The van der Waals surface area contributed by atoms with Crippen LogP contribution in [0.5, 0.6) is 0 Å². The Hall–Kier alpha value is -4.37. The van der Waals surface area contributed by atoms with Gasteiger partial charge in [-0.1, -0.05) is 0 Å². The number of aromatic nitrogens is 6. The Labute approximate surface area is 176 Å². The number of allylic oxidation sites excluding steroid dienone is 1. The molecule has 0 saturated heterocycles. The van der Waals surface area contributed by atoms with Crippen LogP contribution in [0.4, 0.5) is 11.5 Å². The molecule has 11 nitrogen and oxygen atoms in total. The maximum atomic E-state index is 12.4. The van der Waals surface area contributed by atoms with E-state index in [2.05, 4.69) is 54.0 Å². The van der Waals surface area contributed by atoms with Crippen LogP contribution >= 0.6 is 0 Å². The molecule has 4 rings (SSSR count). The molecule has 1 aliphatic rings. The van der Waals surface area contributed by atoms with Gasteiger partial charge < -0.3 is 4.90 Å². The molecule has 0 fully saturated rings. The molecule has 0 unspecified atom stereocenters. The maximum absolute atomic E-state index is 12.4. The van der Waals surface area contributed by atoms with Crippen LogP contribution in [0.1, 0.15) is 19.7 Å². The molecule has 3 aromatic rings. The zero-order valence-corrected chi connectivity index (χ0v) is 16.8. The highest BCUT2D eigenvalue weighted by Gasteiger charge is 2.32. The van der Waals surface area contributed by atoms with E-state index in [4.69, 9.17) is 0 Å². The fourth-order valence-electron chi connectivity index (χ4n) is 3.08. The van der Waals surface area contributed by atoms with Crippen molar-refractivity contribution in [3.05, 3.63) is 48.8 Å². The first-order valence-electron chi connectivity index (χ1n) is 9.52. The number of anilines is 1. The van der Waals surface area contributed by atoms with Gasteiger partial charge >= 0.3 is 0 Å². The van der Waals surface area contributed by atoms with Gasteiger partial charge in [0.2, 0.25) is 17.4 Å². The van der Waals surface area contributed by atoms with Gasteiger partial charge in [-0.2, -0.15) is 9.78 Å². The molecule has 3 aromatic heterocycles. The second-order valence-corrected chi connectivity index (χ2v) is 6.33. The van der Waals surface area contributed by atoms with E-state index >= 15 is 0 Å². The predicted molar refractivity (Wildman–Crippen MR) is 113 cm³/mol. The van der Waals surface area contributed by atoms with Crippen molar-refractivity contribution in [1.29, 1.82) is 0 Å². The van der Waals surface area contributed by atoms with E-state index in [0.29, 0.717) is 17.3 Å². The molecule has 0 aromatic carbocycles. The van der Waals surface area contributed by atoms with Gasteiger partial charge in [0.25, 0.3) is 0 Å². The Balaban J connectivity index is 1.78. The Morgan fingerprint density at radius 2 is 1.94 bits per heavy atom. The van der Waals surface area contributed by atoms with Crippen LogP contribution in [0.2, 0.25) is 0 Å². The van der Waals surface area contributed by atoms with Gasteiger partial charge in [-0.15, -0.1) is 10.2 Å². The van der Waals surface area contributed by atoms with E-state index in [9.17, 15) is 9.59 Å². The Morgan fingerprint density at radius 1 is 1.13 bits per heavy atom. The fourth-order valence-corrected chi connectivity index (χ4v) is 3.08. The SMILES string of the molecule is CCN(CC)c1ccc(N=C2C(C(=O)C=C=O)=Nn3c2nnc3-c2cnccn2)nc1. The first kappa shape index (κ1) is 19.9. The number of nitrogens with zero attached hydrogens (tertiary/aromatic N) is 9. The third-order valence-electron chi connectivity index (χ3n) is 4.58. The van der Waals surface area contributed by atoms with Crippen molar-refractivity contribution >= 4 is 34.7 Å². The molecule has 31 heavy (non-hydrogen) atoms. The van der Waals surface area contributed by atoms with E-state index in [0.717, 1.165) is 24.9 Å². The van der Waals surface area contributed by atoms with Crippen molar-refractivity contribution in [2.45, 2.75) is 13.8 Å². The number of fused-ring (bicyclic) bond motifs is 1. The first-order valence-corrected chi connectivity index (χ1v) is 9.52. The van der Waals surface area contributed by atoms with Crippen LogP contribution < -0.4 is 4.90 Å². The first-order chi connectivity index (χ1) is 15.2. The van der Waals surface area contributed by atoms with Crippen LogP contribution in [0.15, 0.2) is 53.1 Å². The standard InChI is InChI=1S/C20H17N9O2/c1-3-28(4-2)13-5-6-16(23-11-13)24-18-17(15(31)7-10-30)27-29-19(25-26-20(18)29)14-12-21-8-9-22-14/h5-9,11-12H,3-4H2,1-2H3. The molecule has 0 amide bonds. The molecule has 0 N–H and O–H groups in total. The molecule has 0 bridgehead atoms. The third-order valence-corrected chi connectivity index (χ3v) is 4.58. The molecule has 0 saturated carbocycles. The number of ketones is 1. The van der Waals surface area contributed by atoms with E-state index in [1.54, 1.807) is 12.3 Å². The number of pyridine rings is 1. The van der Waals surface area contributed by atoms with Gasteiger partial charge in [-0.25, -0.2) is 19.8 Å². The highest BCUT2D eigenvalue weighted by atomic mass is 16.1. The molecule has 0 spiro atoms. The van der Waals surface area contributed by atoms with Crippen molar-refractivity contribution < 1.29 is 9.59 Å². The van der Waals surface area contributed by atoms with E-state index in [1.807, 2.05) is 6.07 Å². The van der Waals surface area contributed by atoms with Crippen molar-refractivity contribution in [1.82, 2.24) is 29.8 Å². The average molecular weight is 415 g/mol. The Bertz CT molecular complexity index is 1220. The highest BCUT2D eigenvalue weighted by Crippen LogP contribution is 2.23. The number of aliphatic imine (C=N–C) groups is 1. The van der Waals surface area contributed by atoms with Crippen LogP contribution in [0.3, 0.4) is 0 Å². The largest absolute Gasteiger partial charge is 0.371 e. The second-order valence-electron chi connectivity index (χ2n) is 6.33. The van der Waals surface area contributed by atoms with Gasteiger partial charge in [-0.05, 0) is 26.0 Å². The van der Waals surface area contributed by atoms with Crippen LogP contribution in [0.25, 0.3) is 11.5 Å². The van der Waals surface area contributed by atoms with E-state index in [-0.39, 0.29) is 17.2 Å². The lowest BCUT2D eigenvalue weighted by Gasteiger charge is -2.20. The summed E-state index contributed by atoms with van der Waals surface area (Å²) in [6, 6.07) is 3.63. The number of hydrogen-bond donors (Lipinski definition) is 0. The molecule has 0 atom stereocenters. The van der Waals surface area contributed by atoms with Crippen LogP contribution in [-0.2, 0) is 9.59 Å². The van der Waals surface area contributed by atoms with E-state index in [1.165, 1.54) is 29.2 Å². The summed E-state index contributed by atoms with van der Waals surface area (Å²) in [6.45, 7) is 5.83. The molecular weight excluding hydrogens is 398 g/mol. The average Bonchev–Trinajstić information content (AvgIpc) is 3.37. The quantitative estimate of drug-likeness (QED) is 0.416. The molecule has 11 heteroatoms. The monoisotopic (exact) mass is 415 g/mol. The molecule has 4 heterocycles. The molecular formula is C20H17N9O2. The summed E-state index contributed by atoms with van der Waals surface area (Å²) >= 11 is 0. The minimum absolute atomic E-state index is 0.0620. The summed E-state index contributed by atoms with van der Waals surface area (Å²) in [5.41, 5.74) is 1.48. The van der Waals surface area contributed by atoms with Gasteiger partial charge in [-0.3, -0.25) is 9.78 Å². The maximum Gasteiger partial charge on any atom is 0.219 e. The molecule has 154 valence electrons. The normalized spacial score (nSPS) is 13.5. The smallest absolute Gasteiger partial charge is 0.219 e. The summed E-state index contributed by atoms with van der Waals surface area (Å²) in [4.78, 5) is 42.4. The lowest BCUT2D eigenvalue weighted by molar-refractivity contribution is -0.108. The Morgan fingerprint density at radius 3 is 2.58 bits per heavy atom. The summed E-state index contributed by atoms with van der Waals surface area (Å²) < 4.78 is 1.35. The van der Waals surface area contributed by atoms with Crippen molar-refractivity contribution in [3.63, 3.8) is 0 Å². The van der Waals surface area contributed by atoms with Gasteiger partial charge in [0, 0.05) is 25.5 Å². The lowest BCUT2D eigenvalue weighted by atomic mass is 10.1. The number of hydrogen-bond acceptors (Lipinski definition) is 10.